The first kappa shape index (κ1) is 15.2. The van der Waals surface area contributed by atoms with E-state index in [1.54, 1.807) is 30.3 Å². The summed E-state index contributed by atoms with van der Waals surface area (Å²) in [6.07, 6.45) is -0.244. The van der Waals surface area contributed by atoms with Crippen LogP contribution < -0.4 is 10.6 Å². The van der Waals surface area contributed by atoms with Crippen LogP contribution in [-0.2, 0) is 4.79 Å². The van der Waals surface area contributed by atoms with Crippen LogP contribution in [0, 0.1) is 17.1 Å². The molecule has 0 saturated carbocycles. The highest BCUT2D eigenvalue weighted by Gasteiger charge is 2.07. The van der Waals surface area contributed by atoms with Crippen LogP contribution in [-0.4, -0.2) is 11.8 Å². The number of rotatable bonds is 4. The summed E-state index contributed by atoms with van der Waals surface area (Å²) in [5, 5.41) is 13.6. The van der Waals surface area contributed by atoms with Gasteiger partial charge in [-0.15, -0.1) is 0 Å². The van der Waals surface area contributed by atoms with Crippen molar-refractivity contribution in [1.29, 1.82) is 5.26 Å². The zero-order valence-electron chi connectivity index (χ0n) is 11.5. The first-order chi connectivity index (χ1) is 10.6. The molecule has 0 heterocycles. The van der Waals surface area contributed by atoms with Crippen LogP contribution in [0.1, 0.15) is 16.8 Å². The zero-order chi connectivity index (χ0) is 15.9. The fourth-order valence-electron chi connectivity index (χ4n) is 1.76. The molecular formula is C16H12FN3O2. The third kappa shape index (κ3) is 4.15. The van der Waals surface area contributed by atoms with Gasteiger partial charge in [0.15, 0.2) is 0 Å². The van der Waals surface area contributed by atoms with Gasteiger partial charge in [0.25, 0.3) is 5.91 Å². The average Bonchev–Trinajstić information content (AvgIpc) is 2.48. The lowest BCUT2D eigenvalue weighted by molar-refractivity contribution is -0.115. The molecule has 0 aliphatic carbocycles. The van der Waals surface area contributed by atoms with E-state index in [2.05, 4.69) is 10.6 Å². The topological polar surface area (TPSA) is 82.0 Å². The summed E-state index contributed by atoms with van der Waals surface area (Å²) in [5.74, 6) is -1.23. The van der Waals surface area contributed by atoms with Crippen LogP contribution in [0.15, 0.2) is 48.5 Å². The van der Waals surface area contributed by atoms with E-state index in [4.69, 9.17) is 5.26 Å². The molecule has 2 aromatic carbocycles. The highest BCUT2D eigenvalue weighted by molar-refractivity contribution is 6.04. The van der Waals surface area contributed by atoms with Crippen LogP contribution in [0.3, 0.4) is 0 Å². The molecule has 22 heavy (non-hydrogen) atoms. The molecule has 0 aromatic heterocycles. The fourth-order valence-corrected chi connectivity index (χ4v) is 1.76. The minimum atomic E-state index is -0.426. The molecule has 110 valence electrons. The number of nitrogens with zero attached hydrogens (tertiary/aromatic N) is 1. The van der Waals surface area contributed by atoms with Crippen molar-refractivity contribution in [1.82, 2.24) is 0 Å². The molecule has 0 aliphatic rings. The van der Waals surface area contributed by atoms with Gasteiger partial charge in [0.2, 0.25) is 5.91 Å². The molecule has 2 rings (SSSR count). The van der Waals surface area contributed by atoms with Crippen molar-refractivity contribution in [2.75, 3.05) is 10.6 Å². The predicted octanol–water partition coefficient (Wildman–Crippen LogP) is 2.93. The number of halogens is 1. The van der Waals surface area contributed by atoms with Gasteiger partial charge in [-0.3, -0.25) is 9.59 Å². The SMILES string of the molecule is N#CCC(=O)Nc1cccc(NC(=O)c2ccc(F)cc2)c1. The molecule has 6 heteroatoms. The number of carbonyl (C=O) groups excluding carboxylic acids is 2. The average molecular weight is 297 g/mol. The summed E-state index contributed by atoms with van der Waals surface area (Å²) in [4.78, 5) is 23.3. The maximum atomic E-state index is 12.8. The summed E-state index contributed by atoms with van der Waals surface area (Å²) in [6, 6.07) is 13.4. The van der Waals surface area contributed by atoms with Crippen molar-refractivity contribution in [2.45, 2.75) is 6.42 Å². The minimum absolute atomic E-state index is 0.244. The van der Waals surface area contributed by atoms with E-state index >= 15 is 0 Å². The van der Waals surface area contributed by atoms with Gasteiger partial charge in [-0.25, -0.2) is 4.39 Å². The van der Waals surface area contributed by atoms with E-state index in [9.17, 15) is 14.0 Å². The van der Waals surface area contributed by atoms with Crippen molar-refractivity contribution in [3.8, 4) is 6.07 Å². The van der Waals surface area contributed by atoms with Crippen molar-refractivity contribution >= 4 is 23.2 Å². The van der Waals surface area contributed by atoms with Crippen molar-refractivity contribution in [2.24, 2.45) is 0 Å². The molecule has 0 bridgehead atoms. The second-order valence-corrected chi connectivity index (χ2v) is 4.42. The third-order valence-electron chi connectivity index (χ3n) is 2.75. The fraction of sp³-hybridized carbons (Fsp3) is 0.0625. The molecule has 2 N–H and O–H groups in total. The van der Waals surface area contributed by atoms with Crippen molar-refractivity contribution in [3.63, 3.8) is 0 Å². The van der Waals surface area contributed by atoms with Crippen LogP contribution >= 0.6 is 0 Å². The Hall–Kier alpha value is -3.20. The van der Waals surface area contributed by atoms with Gasteiger partial charge >= 0.3 is 0 Å². The van der Waals surface area contributed by atoms with Gasteiger partial charge in [-0.05, 0) is 42.5 Å². The van der Waals surface area contributed by atoms with Gasteiger partial charge in [0, 0.05) is 16.9 Å². The number of nitriles is 1. The van der Waals surface area contributed by atoms with Gasteiger partial charge < -0.3 is 10.6 Å². The van der Waals surface area contributed by atoms with Crippen molar-refractivity contribution < 1.29 is 14.0 Å². The Kier molecular flexibility index (Phi) is 4.83. The smallest absolute Gasteiger partial charge is 0.255 e. The first-order valence-corrected chi connectivity index (χ1v) is 6.42. The summed E-state index contributed by atoms with van der Waals surface area (Å²) >= 11 is 0. The van der Waals surface area contributed by atoms with E-state index in [1.807, 2.05) is 0 Å². The zero-order valence-corrected chi connectivity index (χ0v) is 11.5. The van der Waals surface area contributed by atoms with Gasteiger partial charge in [0.1, 0.15) is 12.2 Å². The molecule has 0 unspecified atom stereocenters. The second kappa shape index (κ2) is 6.99. The Labute approximate surface area is 126 Å². The highest BCUT2D eigenvalue weighted by Crippen LogP contribution is 2.16. The number of carbonyl (C=O) groups is 2. The Bertz CT molecular complexity index is 736. The molecular weight excluding hydrogens is 285 g/mol. The largest absolute Gasteiger partial charge is 0.325 e. The van der Waals surface area contributed by atoms with E-state index in [0.717, 1.165) is 0 Å². The molecule has 2 aromatic rings. The molecule has 0 fully saturated rings. The number of amides is 2. The highest BCUT2D eigenvalue weighted by atomic mass is 19.1. The Morgan fingerprint density at radius 2 is 1.68 bits per heavy atom. The van der Waals surface area contributed by atoms with Crippen LogP contribution in [0.25, 0.3) is 0 Å². The van der Waals surface area contributed by atoms with Crippen molar-refractivity contribution in [3.05, 3.63) is 59.9 Å². The molecule has 0 saturated heterocycles. The quantitative estimate of drug-likeness (QED) is 0.910. The van der Waals surface area contributed by atoms with E-state index in [-0.39, 0.29) is 12.3 Å². The summed E-state index contributed by atoms with van der Waals surface area (Å²) in [6.45, 7) is 0. The van der Waals surface area contributed by atoms with Crippen LogP contribution in [0.4, 0.5) is 15.8 Å². The molecule has 0 radical (unpaired) electrons. The molecule has 5 nitrogen and oxygen atoms in total. The van der Waals surface area contributed by atoms with E-state index in [1.165, 1.54) is 24.3 Å². The van der Waals surface area contributed by atoms with Gasteiger partial charge in [-0.2, -0.15) is 5.26 Å². The van der Waals surface area contributed by atoms with Gasteiger partial charge in [0.05, 0.1) is 6.07 Å². The standard InChI is InChI=1S/C16H12FN3O2/c17-12-6-4-11(5-7-12)16(22)20-14-3-1-2-13(10-14)19-15(21)8-9-18/h1-7,10H,8H2,(H,19,21)(H,20,22). The maximum absolute atomic E-state index is 12.8. The normalized spacial score (nSPS) is 9.64. The molecule has 0 aliphatic heterocycles. The number of hydrogen-bond acceptors (Lipinski definition) is 3. The van der Waals surface area contributed by atoms with Crippen LogP contribution in [0.5, 0.6) is 0 Å². The van der Waals surface area contributed by atoms with Gasteiger partial charge in [-0.1, -0.05) is 6.07 Å². The molecule has 2 amide bonds. The number of hydrogen-bond donors (Lipinski definition) is 2. The monoisotopic (exact) mass is 297 g/mol. The second-order valence-electron chi connectivity index (χ2n) is 4.42. The predicted molar refractivity (Wildman–Crippen MR) is 79.7 cm³/mol. The van der Waals surface area contributed by atoms with Crippen LogP contribution in [0.2, 0.25) is 0 Å². The first-order valence-electron chi connectivity index (χ1n) is 6.42. The molecule has 0 atom stereocenters. The summed E-state index contributed by atoms with van der Waals surface area (Å²) in [5.41, 5.74) is 1.27. The Balaban J connectivity index is 2.07. The Morgan fingerprint density at radius 3 is 2.32 bits per heavy atom. The maximum Gasteiger partial charge on any atom is 0.255 e. The Morgan fingerprint density at radius 1 is 1.05 bits per heavy atom. The lowest BCUT2D eigenvalue weighted by Gasteiger charge is -2.08. The summed E-state index contributed by atoms with van der Waals surface area (Å²) < 4.78 is 12.8. The lowest BCUT2D eigenvalue weighted by atomic mass is 10.2. The summed E-state index contributed by atoms with van der Waals surface area (Å²) in [7, 11) is 0. The van der Waals surface area contributed by atoms with E-state index < -0.39 is 11.7 Å². The third-order valence-corrected chi connectivity index (χ3v) is 2.75. The number of benzene rings is 2. The number of anilines is 2. The molecule has 0 spiro atoms. The van der Waals surface area contributed by atoms with E-state index in [0.29, 0.717) is 16.9 Å². The lowest BCUT2D eigenvalue weighted by Crippen LogP contribution is -2.13. The number of nitrogens with one attached hydrogen (secondary N) is 2. The minimum Gasteiger partial charge on any atom is -0.325 e.